The van der Waals surface area contributed by atoms with E-state index in [1.54, 1.807) is 23.8 Å². The Morgan fingerprint density at radius 3 is 2.77 bits per heavy atom. The number of nitrogens with two attached hydrogens (primary N) is 2. The Labute approximate surface area is 257 Å². The zero-order valence-electron chi connectivity index (χ0n) is 23.4. The number of aliphatic carboxylic acids is 1. The normalized spacial score (nSPS) is 13.0. The Balaban J connectivity index is 1.38. The number of carboxylic acids is 1. The van der Waals surface area contributed by atoms with Crippen molar-refractivity contribution < 1.29 is 27.9 Å². The number of thiophene rings is 1. The molecule has 13 nitrogen and oxygen atoms in total. The molecule has 0 fully saturated rings. The minimum absolute atomic E-state index is 0.0170. The van der Waals surface area contributed by atoms with Crippen LogP contribution in [0.2, 0.25) is 0 Å². The van der Waals surface area contributed by atoms with Gasteiger partial charge in [0.1, 0.15) is 27.4 Å². The van der Waals surface area contributed by atoms with Crippen molar-refractivity contribution in [2.24, 2.45) is 16.5 Å². The van der Waals surface area contributed by atoms with Gasteiger partial charge in [-0.1, -0.05) is 24.3 Å². The minimum Gasteiger partial charge on any atom is -0.492 e. The molecule has 230 valence electrons. The lowest BCUT2D eigenvalue weighted by molar-refractivity contribution is -0.139. The van der Waals surface area contributed by atoms with Crippen molar-refractivity contribution in [3.63, 3.8) is 0 Å². The molecular weight excluding hydrogens is 606 g/mol. The van der Waals surface area contributed by atoms with Crippen LogP contribution in [0.25, 0.3) is 11.1 Å². The van der Waals surface area contributed by atoms with Gasteiger partial charge in [0.25, 0.3) is 15.9 Å². The predicted molar refractivity (Wildman–Crippen MR) is 166 cm³/mol. The summed E-state index contributed by atoms with van der Waals surface area (Å²) in [4.78, 5) is 36.0. The number of carbonyl (C=O) groups is 2. The molecule has 0 unspecified atom stereocenters. The van der Waals surface area contributed by atoms with E-state index >= 15 is 0 Å². The van der Waals surface area contributed by atoms with Crippen molar-refractivity contribution in [1.29, 1.82) is 0 Å². The fraction of sp³-hybridized carbons (Fsp3) is 0.241. The van der Waals surface area contributed by atoms with Crippen molar-refractivity contribution in [2.45, 2.75) is 36.6 Å². The van der Waals surface area contributed by atoms with Gasteiger partial charge in [-0.3, -0.25) is 14.5 Å². The summed E-state index contributed by atoms with van der Waals surface area (Å²) in [6, 6.07) is 11.5. The van der Waals surface area contributed by atoms with Crippen molar-refractivity contribution in [3.8, 4) is 16.9 Å². The first kappa shape index (κ1) is 30.6. The highest BCUT2D eigenvalue weighted by Crippen LogP contribution is 2.39. The topological polar surface area (TPSA) is 215 Å². The van der Waals surface area contributed by atoms with Gasteiger partial charge in [-0.2, -0.15) is 0 Å². The third-order valence-electron chi connectivity index (χ3n) is 6.89. The molecule has 2 aromatic heterocycles. The van der Waals surface area contributed by atoms with Gasteiger partial charge >= 0.3 is 5.97 Å². The van der Waals surface area contributed by atoms with E-state index in [0.29, 0.717) is 31.4 Å². The van der Waals surface area contributed by atoms with Gasteiger partial charge < -0.3 is 31.6 Å². The average molecular weight is 638 g/mol. The highest BCUT2D eigenvalue weighted by atomic mass is 32.2. The molecule has 0 radical (unpaired) electrons. The zero-order chi connectivity index (χ0) is 31.3. The highest BCUT2D eigenvalue weighted by molar-refractivity contribution is 7.92. The molecule has 0 saturated carbocycles. The maximum absolute atomic E-state index is 13.8. The smallest absolute Gasteiger partial charge is 0.326 e. The van der Waals surface area contributed by atoms with Crippen molar-refractivity contribution >= 4 is 44.9 Å². The predicted octanol–water partition coefficient (Wildman–Crippen LogP) is 2.70. The largest absolute Gasteiger partial charge is 0.492 e. The summed E-state index contributed by atoms with van der Waals surface area (Å²) < 4.78 is 35.9. The number of H-pyrrole nitrogens is 1. The molecule has 4 aromatic rings. The number of sulfonamides is 1. The van der Waals surface area contributed by atoms with Gasteiger partial charge in [0.15, 0.2) is 5.96 Å². The van der Waals surface area contributed by atoms with E-state index in [2.05, 4.69) is 25.0 Å². The number of rotatable bonds is 13. The number of ether oxygens (including phenoxy) is 1. The van der Waals surface area contributed by atoms with Crippen LogP contribution < -0.4 is 26.2 Å². The number of carboxylic acid groups (broad SMARTS) is 1. The van der Waals surface area contributed by atoms with Crippen LogP contribution >= 0.6 is 11.3 Å². The first-order valence-electron chi connectivity index (χ1n) is 13.7. The zero-order valence-corrected chi connectivity index (χ0v) is 25.1. The van der Waals surface area contributed by atoms with Gasteiger partial charge in [-0.05, 0) is 58.7 Å². The molecular formula is C29H31N7O6S2. The summed E-state index contributed by atoms with van der Waals surface area (Å²) in [5, 5.41) is 13.6. The number of imidazole rings is 1. The number of aromatic nitrogens is 2. The van der Waals surface area contributed by atoms with E-state index in [4.69, 9.17) is 16.2 Å². The van der Waals surface area contributed by atoms with E-state index < -0.39 is 27.9 Å². The molecule has 44 heavy (non-hydrogen) atoms. The molecule has 1 atom stereocenters. The molecule has 0 aliphatic carbocycles. The van der Waals surface area contributed by atoms with Gasteiger partial charge in [-0.15, -0.1) is 11.3 Å². The Morgan fingerprint density at radius 2 is 2.02 bits per heavy atom. The Bertz CT molecular complexity index is 1800. The lowest BCUT2D eigenvalue weighted by Gasteiger charge is -2.16. The van der Waals surface area contributed by atoms with Gasteiger partial charge in [-0.25, -0.2) is 18.2 Å². The lowest BCUT2D eigenvalue weighted by atomic mass is 9.99. The number of anilines is 1. The van der Waals surface area contributed by atoms with Crippen LogP contribution in [0.15, 0.2) is 70.1 Å². The Morgan fingerprint density at radius 1 is 1.18 bits per heavy atom. The van der Waals surface area contributed by atoms with E-state index in [1.165, 1.54) is 6.07 Å². The molecule has 8 N–H and O–H groups in total. The van der Waals surface area contributed by atoms with E-state index in [9.17, 15) is 23.1 Å². The van der Waals surface area contributed by atoms with Gasteiger partial charge in [0.05, 0.1) is 12.3 Å². The number of hydrogen-bond acceptors (Lipinski definition) is 8. The SMILES string of the molecule is NC(N)=NCCC[C@H](NC(=O)c1sccc1NS(=O)(=O)c1cc(-c2cccc(Cc3ncc[nH]3)c2)cc2c1OCC2)C(=O)O. The number of amides is 1. The number of fused-ring (bicyclic) bond motifs is 1. The van der Waals surface area contributed by atoms with Crippen LogP contribution in [0.1, 0.15) is 39.5 Å². The van der Waals surface area contributed by atoms with Crippen LogP contribution in [-0.2, 0) is 27.7 Å². The minimum atomic E-state index is -4.23. The molecule has 0 spiro atoms. The summed E-state index contributed by atoms with van der Waals surface area (Å²) in [6.45, 7) is 0.539. The second kappa shape index (κ2) is 13.2. The van der Waals surface area contributed by atoms with Gasteiger partial charge in [0, 0.05) is 31.8 Å². The lowest BCUT2D eigenvalue weighted by Crippen LogP contribution is -2.40. The molecule has 5 rings (SSSR count). The van der Waals surface area contributed by atoms with Crippen molar-refractivity contribution in [3.05, 3.63) is 82.1 Å². The average Bonchev–Trinajstić information content (AvgIpc) is 3.76. The summed E-state index contributed by atoms with van der Waals surface area (Å²) in [7, 11) is -4.23. The molecule has 0 saturated heterocycles. The molecule has 1 amide bonds. The summed E-state index contributed by atoms with van der Waals surface area (Å²) in [5.74, 6) is -0.999. The second-order valence-corrected chi connectivity index (χ2v) is 12.6. The number of aliphatic imine (C=N–C) groups is 1. The van der Waals surface area contributed by atoms with Gasteiger partial charge in [0.2, 0.25) is 0 Å². The summed E-state index contributed by atoms with van der Waals surface area (Å²) in [6.07, 6.45) is 4.96. The molecule has 1 aliphatic heterocycles. The summed E-state index contributed by atoms with van der Waals surface area (Å²) >= 11 is 0.982. The number of nitrogens with zero attached hydrogens (tertiary/aromatic N) is 2. The first-order valence-corrected chi connectivity index (χ1v) is 16.0. The standard InChI is InChI=1S/C29H31N7O6S2/c30-29(31)34-8-2-5-22(28(38)39)35-27(37)26-21(7-12-43-26)36-44(40,41)23-16-20(15-19-6-11-42-25(19)23)18-4-1-3-17(13-18)14-24-32-9-10-33-24/h1,3-4,7,9-10,12-13,15-16,22,36H,2,5-6,8,11,14H2,(H,32,33)(H,35,37)(H,38,39)(H4,30,31,34)/t22-/m0/s1. The highest BCUT2D eigenvalue weighted by Gasteiger charge is 2.29. The number of benzene rings is 2. The third-order valence-corrected chi connectivity index (χ3v) is 9.17. The van der Waals surface area contributed by atoms with Crippen molar-refractivity contribution in [2.75, 3.05) is 17.9 Å². The molecule has 15 heteroatoms. The van der Waals surface area contributed by atoms with Crippen LogP contribution in [0.3, 0.4) is 0 Å². The van der Waals surface area contributed by atoms with Crippen LogP contribution in [0.5, 0.6) is 5.75 Å². The fourth-order valence-corrected chi connectivity index (χ4v) is 6.94. The number of hydrogen-bond donors (Lipinski definition) is 6. The number of guanidine groups is 1. The van der Waals surface area contributed by atoms with E-state index in [-0.39, 0.29) is 40.1 Å². The Kier molecular flexibility index (Phi) is 9.15. The van der Waals surface area contributed by atoms with Crippen LogP contribution in [0.4, 0.5) is 5.69 Å². The van der Waals surface area contributed by atoms with Crippen LogP contribution in [0, 0.1) is 0 Å². The molecule has 3 heterocycles. The van der Waals surface area contributed by atoms with Crippen molar-refractivity contribution in [1.82, 2.24) is 15.3 Å². The quantitative estimate of drug-likeness (QED) is 0.0721. The Hall–Kier alpha value is -4.89. The number of nitrogens with one attached hydrogen (secondary N) is 3. The molecule has 1 aliphatic rings. The summed E-state index contributed by atoms with van der Waals surface area (Å²) in [5.41, 5.74) is 13.9. The van der Waals surface area contributed by atoms with E-state index in [0.717, 1.165) is 33.9 Å². The maximum Gasteiger partial charge on any atom is 0.326 e. The van der Waals surface area contributed by atoms with Crippen LogP contribution in [-0.4, -0.2) is 60.5 Å². The fourth-order valence-electron chi connectivity index (χ4n) is 4.84. The van der Waals surface area contributed by atoms with E-state index in [1.807, 2.05) is 30.3 Å². The maximum atomic E-state index is 13.8. The second-order valence-electron chi connectivity index (χ2n) is 10.1. The molecule has 0 bridgehead atoms. The molecule has 2 aromatic carbocycles. The third kappa shape index (κ3) is 7.18. The monoisotopic (exact) mass is 637 g/mol. The number of aromatic amines is 1. The first-order chi connectivity index (χ1) is 21.1. The number of carbonyl (C=O) groups excluding carboxylic acids is 1.